The van der Waals surface area contributed by atoms with Crippen molar-refractivity contribution in [2.24, 2.45) is 7.05 Å². The Morgan fingerprint density at radius 3 is 1.70 bits per heavy atom. The first-order chi connectivity index (χ1) is 30.1. The van der Waals surface area contributed by atoms with Crippen LogP contribution < -0.4 is 15.3 Å². The first-order valence-electron chi connectivity index (χ1n) is 20.7. The van der Waals surface area contributed by atoms with Crippen LogP contribution in [0.1, 0.15) is 27.7 Å². The quantitative estimate of drug-likeness (QED) is 0.0319. The van der Waals surface area contributed by atoms with Crippen molar-refractivity contribution in [3.05, 3.63) is 83.6 Å². The van der Waals surface area contributed by atoms with Crippen molar-refractivity contribution in [1.29, 1.82) is 0 Å². The number of likely N-dealkylation sites (N-methyl/N-ethyl adjacent to an activating group) is 2. The average molecular weight is 1030 g/mol. The zero-order valence-corrected chi connectivity index (χ0v) is 39.0. The number of hydrogen-bond donors (Lipinski definition) is 6. The summed E-state index contributed by atoms with van der Waals surface area (Å²) in [5.74, 6) is -3.63. The first-order valence-corrected chi connectivity index (χ1v) is 20.7. The topological polar surface area (TPSA) is 231 Å². The minimum Gasteiger partial charge on any atom is -0.480 e. The molecule has 21 heteroatoms. The number of carbonyl (C=O) groups excluding carboxylic acids is 2. The van der Waals surface area contributed by atoms with E-state index in [0.29, 0.717) is 48.3 Å². The van der Waals surface area contributed by atoms with Crippen molar-refractivity contribution in [2.75, 3.05) is 106 Å². The van der Waals surface area contributed by atoms with Crippen LogP contribution in [-0.4, -0.2) is 198 Å². The molecule has 1 saturated heterocycles. The van der Waals surface area contributed by atoms with E-state index in [0.717, 1.165) is 21.9 Å². The number of fused-ring (bicyclic) bond motifs is 3. The average Bonchev–Trinajstić information content (AvgIpc) is 3.24. The summed E-state index contributed by atoms with van der Waals surface area (Å²) < 4.78 is 1.83. The number of hydrogen-bond acceptors (Lipinski definition) is 13. The van der Waals surface area contributed by atoms with Crippen LogP contribution in [0.25, 0.3) is 21.7 Å². The van der Waals surface area contributed by atoms with Crippen LogP contribution in [0.4, 0.5) is 0 Å². The molecule has 0 bridgehead atoms. The van der Waals surface area contributed by atoms with E-state index in [2.05, 4.69) is 5.32 Å². The second-order valence-corrected chi connectivity index (χ2v) is 15.8. The largest absolute Gasteiger partial charge is 0.488 e. The van der Waals surface area contributed by atoms with E-state index >= 15 is 0 Å². The van der Waals surface area contributed by atoms with Crippen LogP contribution in [0.5, 0.6) is 0 Å². The fraction of sp³-hybridized carbons (Fsp3) is 0.442. The molecular formula is C43H58BEuN8O11+. The summed E-state index contributed by atoms with van der Waals surface area (Å²) in [6, 6.07) is 19.7. The maximum absolute atomic E-state index is 14.1. The third-order valence-electron chi connectivity index (χ3n) is 11.5. The SMILES string of the molecule is CON(C)C(CNC(=O)c1c2ccccc2c2cc(CN(C)C(=O)CN3CCN(CC(=O)O)CCN(CC(=O)O)CCN(CC(=O)O)CC3)ccc2[n+]1C)c1ccccc1B(O)O.[Eu]. The van der Waals surface area contributed by atoms with Gasteiger partial charge in [-0.15, -0.1) is 0 Å². The third kappa shape index (κ3) is 14.5. The number of aryl methyl sites for hydroxylation is 1. The van der Waals surface area contributed by atoms with Crippen molar-refractivity contribution < 1.29 is 108 Å². The molecule has 19 nitrogen and oxygen atoms in total. The van der Waals surface area contributed by atoms with Crippen molar-refractivity contribution in [3.63, 3.8) is 0 Å². The van der Waals surface area contributed by atoms with Gasteiger partial charge in [0.1, 0.15) is 7.05 Å². The smallest absolute Gasteiger partial charge is 0.480 e. The normalized spacial score (nSPS) is 15.5. The molecule has 6 N–H and O–H groups in total. The van der Waals surface area contributed by atoms with E-state index in [9.17, 15) is 49.3 Å². The van der Waals surface area contributed by atoms with Crippen molar-refractivity contribution in [1.82, 2.24) is 34.9 Å². The van der Waals surface area contributed by atoms with Gasteiger partial charge in [0.2, 0.25) is 11.4 Å². The fourth-order valence-corrected chi connectivity index (χ4v) is 8.03. The Morgan fingerprint density at radius 1 is 0.719 bits per heavy atom. The van der Waals surface area contributed by atoms with E-state index in [4.69, 9.17) is 4.84 Å². The van der Waals surface area contributed by atoms with Crippen LogP contribution in [0.3, 0.4) is 0 Å². The summed E-state index contributed by atoms with van der Waals surface area (Å²) in [6.07, 6.45) is 0. The maximum Gasteiger partial charge on any atom is 0.488 e. The van der Waals surface area contributed by atoms with Gasteiger partial charge in [0.05, 0.1) is 50.1 Å². The molecule has 1 aliphatic heterocycles. The zero-order chi connectivity index (χ0) is 45.8. The molecule has 0 spiro atoms. The number of benzene rings is 3. The Balaban J connectivity index is 0.00000898. The van der Waals surface area contributed by atoms with Gasteiger partial charge in [0, 0.05) is 140 Å². The Bertz CT molecular complexity index is 2240. The molecule has 2 amide bonds. The summed E-state index contributed by atoms with van der Waals surface area (Å²) in [5, 5.41) is 55.7. The number of aromatic nitrogens is 1. The summed E-state index contributed by atoms with van der Waals surface area (Å²) in [4.78, 5) is 77.0. The molecule has 2 heterocycles. The molecule has 0 aliphatic carbocycles. The number of carbonyl (C=O) groups is 5. The molecule has 0 saturated carbocycles. The van der Waals surface area contributed by atoms with Crippen LogP contribution in [0, 0.1) is 49.4 Å². The Kier molecular flexibility index (Phi) is 20.6. The summed E-state index contributed by atoms with van der Waals surface area (Å²) in [7, 11) is 4.98. The number of hydroxylamine groups is 2. The molecular weight excluding hydrogens is 967 g/mol. The number of rotatable bonds is 17. The molecule has 4 aromatic rings. The number of carboxylic acids is 3. The van der Waals surface area contributed by atoms with Gasteiger partial charge in [0.15, 0.2) is 0 Å². The number of aliphatic carboxylic acids is 3. The van der Waals surface area contributed by atoms with Gasteiger partial charge in [-0.2, -0.15) is 9.63 Å². The number of amides is 2. The van der Waals surface area contributed by atoms with Gasteiger partial charge < -0.3 is 40.4 Å². The van der Waals surface area contributed by atoms with Crippen LogP contribution >= 0.6 is 0 Å². The van der Waals surface area contributed by atoms with Gasteiger partial charge in [-0.25, -0.2) is 0 Å². The standard InChI is InChI=1S/C43H57BN8O11.Eu/c1-46(38(53)26-49-15-17-50(27-39(54)55)19-21-52(29-41(58)59)22-20-51(18-16-49)28-40(56)57)25-30-13-14-36-34(23-30)31-9-5-6-10-32(31)42(47(36)2)43(60)45-24-37(48(3)63-4)33-11-7-8-12-35(33)44(61)62;/h5-14,23,37,61-62H,15-22,24-29H2,1-4H3,(H3-,45,54,55,56,57,58,59,60);/p+1. The summed E-state index contributed by atoms with van der Waals surface area (Å²) in [6.45, 7) is 1.92. The molecule has 1 atom stereocenters. The Labute approximate surface area is 413 Å². The molecule has 3 aromatic carbocycles. The van der Waals surface area contributed by atoms with Gasteiger partial charge in [0.25, 0.3) is 5.69 Å². The Morgan fingerprint density at radius 2 is 1.20 bits per heavy atom. The van der Waals surface area contributed by atoms with Crippen LogP contribution in [0.2, 0.25) is 0 Å². The number of pyridine rings is 1. The number of carboxylic acid groups (broad SMARTS) is 3. The van der Waals surface area contributed by atoms with Crippen molar-refractivity contribution >= 4 is 64.0 Å². The maximum atomic E-state index is 14.1. The van der Waals surface area contributed by atoms with E-state index in [1.54, 1.807) is 58.0 Å². The molecule has 1 aliphatic rings. The van der Waals surface area contributed by atoms with E-state index in [1.165, 1.54) is 12.2 Å². The molecule has 5 rings (SSSR count). The van der Waals surface area contributed by atoms with E-state index in [-0.39, 0.29) is 127 Å². The summed E-state index contributed by atoms with van der Waals surface area (Å²) >= 11 is 0. The fourth-order valence-electron chi connectivity index (χ4n) is 8.03. The molecule has 64 heavy (non-hydrogen) atoms. The van der Waals surface area contributed by atoms with Gasteiger partial charge in [-0.1, -0.05) is 48.5 Å². The predicted molar refractivity (Wildman–Crippen MR) is 234 cm³/mol. The molecule has 345 valence electrons. The molecule has 1 fully saturated rings. The van der Waals surface area contributed by atoms with E-state index in [1.807, 2.05) is 59.0 Å². The predicted octanol–water partition coefficient (Wildman–Crippen LogP) is -1.10. The monoisotopic (exact) mass is 1030 g/mol. The van der Waals surface area contributed by atoms with Crippen LogP contribution in [0.15, 0.2) is 66.7 Å². The number of nitrogens with one attached hydrogen (secondary N) is 1. The second-order valence-electron chi connectivity index (χ2n) is 15.8. The van der Waals surface area contributed by atoms with Crippen molar-refractivity contribution in [3.8, 4) is 0 Å². The van der Waals surface area contributed by atoms with Gasteiger partial charge in [-0.05, 0) is 28.7 Å². The first kappa shape index (κ1) is 52.6. The number of nitrogens with zero attached hydrogens (tertiary/aromatic N) is 7. The van der Waals surface area contributed by atoms with Crippen molar-refractivity contribution in [2.45, 2.75) is 12.6 Å². The molecule has 1 unspecified atom stereocenters. The minimum absolute atomic E-state index is 0. The van der Waals surface area contributed by atoms with Gasteiger partial charge in [-0.3, -0.25) is 43.6 Å². The minimum atomic E-state index is -1.72. The zero-order valence-electron chi connectivity index (χ0n) is 36.6. The summed E-state index contributed by atoms with van der Waals surface area (Å²) in [5.41, 5.74) is 2.91. The van der Waals surface area contributed by atoms with Crippen LogP contribution in [-0.2, 0) is 37.6 Å². The van der Waals surface area contributed by atoms with Gasteiger partial charge >= 0.3 is 30.9 Å². The molecule has 1 aromatic heterocycles. The third-order valence-corrected chi connectivity index (χ3v) is 11.5. The Hall–Kier alpha value is -3.99. The van der Waals surface area contributed by atoms with E-state index < -0.39 is 31.1 Å². The second kappa shape index (κ2) is 25.1. The molecule has 1 radical (unpaired) electrons.